The fraction of sp³-hybridized carbons (Fsp3) is 0.417. The van der Waals surface area contributed by atoms with Crippen LogP contribution in [0.2, 0.25) is 0 Å². The second kappa shape index (κ2) is 5.78. The predicted octanol–water partition coefficient (Wildman–Crippen LogP) is 0.0630. The molecule has 0 aliphatic carbocycles. The maximum atomic E-state index is 12.1. The number of aromatic nitrogens is 4. The molecule has 0 fully saturated rings. The molecule has 0 saturated carbocycles. The lowest BCUT2D eigenvalue weighted by atomic mass is 10.4. The number of nitrogens with one attached hydrogen (secondary N) is 1. The smallest absolute Gasteiger partial charge is 0.259 e. The Labute approximate surface area is 123 Å². The maximum absolute atomic E-state index is 12.1. The van der Waals surface area contributed by atoms with Gasteiger partial charge in [0.05, 0.1) is 12.9 Å². The molecular weight excluding hydrogens is 292 g/mol. The minimum absolute atomic E-state index is 0.0153. The van der Waals surface area contributed by atoms with Crippen LogP contribution in [0.5, 0.6) is 0 Å². The Kier molecular flexibility index (Phi) is 4.24. The van der Waals surface area contributed by atoms with Crippen molar-refractivity contribution in [1.82, 2.24) is 24.2 Å². The van der Waals surface area contributed by atoms with Crippen LogP contribution >= 0.6 is 0 Å². The molecule has 114 valence electrons. The summed E-state index contributed by atoms with van der Waals surface area (Å²) in [5, 5.41) is -0.0227. The van der Waals surface area contributed by atoms with Crippen molar-refractivity contribution in [2.45, 2.75) is 18.5 Å². The molecule has 0 aromatic carbocycles. The summed E-state index contributed by atoms with van der Waals surface area (Å²) < 4.78 is 28.2. The van der Waals surface area contributed by atoms with Gasteiger partial charge >= 0.3 is 0 Å². The van der Waals surface area contributed by atoms with Crippen LogP contribution in [0.25, 0.3) is 0 Å². The van der Waals surface area contributed by atoms with Crippen LogP contribution in [-0.2, 0) is 23.6 Å². The fourth-order valence-electron chi connectivity index (χ4n) is 1.68. The minimum atomic E-state index is -3.66. The van der Waals surface area contributed by atoms with Crippen LogP contribution in [-0.4, -0.2) is 42.0 Å². The molecule has 0 aliphatic heterocycles. The number of aryl methyl sites for hydroxylation is 2. The highest BCUT2D eigenvalue weighted by Gasteiger charge is 2.17. The average Bonchev–Trinajstić information content (AvgIpc) is 2.83. The van der Waals surface area contributed by atoms with E-state index in [1.54, 1.807) is 11.6 Å². The molecule has 1 N–H and O–H groups in total. The first-order chi connectivity index (χ1) is 9.78. The van der Waals surface area contributed by atoms with E-state index in [-0.39, 0.29) is 11.6 Å². The van der Waals surface area contributed by atoms with Gasteiger partial charge in [0.25, 0.3) is 10.0 Å². The number of imidazole rings is 1. The van der Waals surface area contributed by atoms with Crippen molar-refractivity contribution in [1.29, 1.82) is 0 Å². The van der Waals surface area contributed by atoms with Gasteiger partial charge in [0, 0.05) is 39.1 Å². The van der Waals surface area contributed by atoms with Crippen molar-refractivity contribution < 1.29 is 8.42 Å². The summed E-state index contributed by atoms with van der Waals surface area (Å²) >= 11 is 0. The summed E-state index contributed by atoms with van der Waals surface area (Å²) in [6.07, 6.45) is 2.87. The van der Waals surface area contributed by atoms with Crippen LogP contribution in [0.3, 0.4) is 0 Å². The van der Waals surface area contributed by atoms with E-state index < -0.39 is 10.0 Å². The molecule has 2 aromatic heterocycles. The molecule has 2 heterocycles. The molecule has 0 unspecified atom stereocenters. The van der Waals surface area contributed by atoms with Crippen molar-refractivity contribution in [3.8, 4) is 0 Å². The van der Waals surface area contributed by atoms with E-state index in [1.165, 1.54) is 12.5 Å². The van der Waals surface area contributed by atoms with Gasteiger partial charge in [0.2, 0.25) is 0 Å². The lowest BCUT2D eigenvalue weighted by molar-refractivity contribution is 0.575. The van der Waals surface area contributed by atoms with Crippen LogP contribution in [0.1, 0.15) is 11.5 Å². The highest BCUT2D eigenvalue weighted by atomic mass is 32.2. The first-order valence-electron chi connectivity index (χ1n) is 6.27. The molecule has 8 nitrogen and oxygen atoms in total. The van der Waals surface area contributed by atoms with E-state index in [9.17, 15) is 8.42 Å². The van der Waals surface area contributed by atoms with Gasteiger partial charge in [-0.25, -0.2) is 28.1 Å². The molecule has 0 atom stereocenters. The molecular formula is C12H18N6O2S. The highest BCUT2D eigenvalue weighted by molar-refractivity contribution is 7.89. The topological polar surface area (TPSA) is 93.0 Å². The monoisotopic (exact) mass is 310 g/mol. The van der Waals surface area contributed by atoms with Crippen molar-refractivity contribution in [3.63, 3.8) is 0 Å². The molecule has 2 aromatic rings. The molecule has 0 spiro atoms. The number of nitrogens with zero attached hydrogens (tertiary/aromatic N) is 5. The summed E-state index contributed by atoms with van der Waals surface area (Å²) in [6.45, 7) is 1.85. The van der Waals surface area contributed by atoms with Gasteiger partial charge in [0.1, 0.15) is 11.6 Å². The molecule has 9 heteroatoms. The number of sulfonamides is 1. The number of anilines is 1. The number of rotatable bonds is 5. The molecule has 0 radical (unpaired) electrons. The van der Waals surface area contributed by atoms with Crippen LogP contribution < -0.4 is 9.62 Å². The van der Waals surface area contributed by atoms with E-state index in [1.807, 2.05) is 32.0 Å². The second-order valence-electron chi connectivity index (χ2n) is 4.88. The van der Waals surface area contributed by atoms with Gasteiger partial charge in [0.15, 0.2) is 5.03 Å². The summed E-state index contributed by atoms with van der Waals surface area (Å²) in [5.41, 5.74) is 0.778. The van der Waals surface area contributed by atoms with Gasteiger partial charge in [-0.2, -0.15) is 0 Å². The zero-order valence-electron chi connectivity index (χ0n) is 12.4. The summed E-state index contributed by atoms with van der Waals surface area (Å²) in [6, 6.07) is 1.83. The second-order valence-corrected chi connectivity index (χ2v) is 6.59. The first kappa shape index (κ1) is 15.4. The van der Waals surface area contributed by atoms with E-state index in [2.05, 4.69) is 19.7 Å². The van der Waals surface area contributed by atoms with E-state index in [0.717, 1.165) is 11.5 Å². The van der Waals surface area contributed by atoms with Crippen LogP contribution in [0.15, 0.2) is 23.6 Å². The van der Waals surface area contributed by atoms with Gasteiger partial charge in [-0.15, -0.1) is 0 Å². The normalized spacial score (nSPS) is 11.6. The molecule has 0 saturated heterocycles. The van der Waals surface area contributed by atoms with Gasteiger partial charge in [-0.1, -0.05) is 0 Å². The number of hydrogen-bond donors (Lipinski definition) is 1. The summed E-state index contributed by atoms with van der Waals surface area (Å²) in [7, 11) is 1.78. The van der Waals surface area contributed by atoms with Crippen molar-refractivity contribution in [3.05, 3.63) is 30.1 Å². The standard InChI is InChI=1S/C12H18N6O2S/c1-9-5-11(17(2)3)16-10(15-9)6-14-21(19,20)12-7-18(4)8-13-12/h5,7-8,14H,6H2,1-4H3. The Balaban J connectivity index is 2.16. The third-order valence-electron chi connectivity index (χ3n) is 2.72. The third kappa shape index (κ3) is 3.76. The van der Waals surface area contributed by atoms with Crippen molar-refractivity contribution in [2.24, 2.45) is 7.05 Å². The summed E-state index contributed by atoms with van der Waals surface area (Å²) in [5.74, 6) is 1.15. The Morgan fingerprint density at radius 1 is 1.33 bits per heavy atom. The van der Waals surface area contributed by atoms with Gasteiger partial charge in [-0.05, 0) is 6.92 Å². The Morgan fingerprint density at radius 2 is 2.05 bits per heavy atom. The zero-order valence-corrected chi connectivity index (χ0v) is 13.2. The SMILES string of the molecule is Cc1cc(N(C)C)nc(CNS(=O)(=O)c2cn(C)cn2)n1. The van der Waals surface area contributed by atoms with E-state index >= 15 is 0 Å². The van der Waals surface area contributed by atoms with Gasteiger partial charge in [-0.3, -0.25) is 0 Å². The quantitative estimate of drug-likeness (QED) is 0.839. The van der Waals surface area contributed by atoms with Gasteiger partial charge < -0.3 is 9.47 Å². The third-order valence-corrected chi connectivity index (χ3v) is 4.01. The molecule has 2 rings (SSSR count). The number of hydrogen-bond acceptors (Lipinski definition) is 6. The van der Waals surface area contributed by atoms with Crippen LogP contribution in [0, 0.1) is 6.92 Å². The van der Waals surface area contributed by atoms with E-state index in [4.69, 9.17) is 0 Å². The largest absolute Gasteiger partial charge is 0.363 e. The van der Waals surface area contributed by atoms with Crippen LogP contribution in [0.4, 0.5) is 5.82 Å². The lowest BCUT2D eigenvalue weighted by Crippen LogP contribution is -2.25. The Hall–Kier alpha value is -2.00. The lowest BCUT2D eigenvalue weighted by Gasteiger charge is -2.13. The predicted molar refractivity (Wildman–Crippen MR) is 78.3 cm³/mol. The molecule has 0 amide bonds. The minimum Gasteiger partial charge on any atom is -0.363 e. The van der Waals surface area contributed by atoms with Crippen molar-refractivity contribution >= 4 is 15.8 Å². The highest BCUT2D eigenvalue weighted by Crippen LogP contribution is 2.10. The fourth-order valence-corrected chi connectivity index (χ4v) is 2.64. The Morgan fingerprint density at radius 3 is 2.62 bits per heavy atom. The molecule has 21 heavy (non-hydrogen) atoms. The zero-order chi connectivity index (χ0) is 15.6. The molecule has 0 aliphatic rings. The first-order valence-corrected chi connectivity index (χ1v) is 7.76. The maximum Gasteiger partial charge on any atom is 0.259 e. The Bertz CT molecular complexity index is 738. The average molecular weight is 310 g/mol. The van der Waals surface area contributed by atoms with Crippen molar-refractivity contribution in [2.75, 3.05) is 19.0 Å². The van der Waals surface area contributed by atoms with E-state index in [0.29, 0.717) is 5.82 Å². The molecule has 0 bridgehead atoms. The summed E-state index contributed by atoms with van der Waals surface area (Å²) in [4.78, 5) is 14.2.